The van der Waals surface area contributed by atoms with Gasteiger partial charge in [0.05, 0.1) is 7.11 Å². The van der Waals surface area contributed by atoms with Crippen molar-refractivity contribution < 1.29 is 27.5 Å². The Labute approximate surface area is 116 Å². The molecule has 0 heterocycles. The van der Waals surface area contributed by atoms with E-state index in [4.69, 9.17) is 4.74 Å². The van der Waals surface area contributed by atoms with Gasteiger partial charge in [0.15, 0.2) is 8.87 Å². The van der Waals surface area contributed by atoms with Gasteiger partial charge < -0.3 is 14.8 Å². The number of hydrogen-bond donors (Lipinski definition) is 1. The lowest BCUT2D eigenvalue weighted by atomic mass is 10.2. The molecule has 1 atom stereocenters. The second-order valence-corrected chi connectivity index (χ2v) is 9.21. The molecular formula is C10H19NO6S2. The van der Waals surface area contributed by atoms with E-state index < -0.39 is 32.6 Å². The Bertz CT molecular complexity index is 426. The molecule has 0 fully saturated rings. The van der Waals surface area contributed by atoms with Crippen LogP contribution in [0.3, 0.4) is 0 Å². The molecule has 1 amide bonds. The van der Waals surface area contributed by atoms with E-state index in [-0.39, 0.29) is 5.75 Å². The Kier molecular flexibility index (Phi) is 6.64. The molecule has 0 radical (unpaired) electrons. The molecule has 0 rings (SSSR count). The number of hydrogen-bond acceptors (Lipinski definition) is 7. The van der Waals surface area contributed by atoms with E-state index in [1.54, 1.807) is 20.8 Å². The monoisotopic (exact) mass is 313 g/mol. The van der Waals surface area contributed by atoms with E-state index in [2.05, 4.69) is 10.1 Å². The van der Waals surface area contributed by atoms with Gasteiger partial charge in [-0.3, -0.25) is 0 Å². The van der Waals surface area contributed by atoms with E-state index in [0.717, 1.165) is 13.4 Å². The third-order valence-electron chi connectivity index (χ3n) is 1.63. The summed E-state index contributed by atoms with van der Waals surface area (Å²) in [5.41, 5.74) is -0.714. The molecule has 0 saturated heterocycles. The zero-order valence-corrected chi connectivity index (χ0v) is 13.2. The Hall–Kier alpha value is -0.960. The Morgan fingerprint density at radius 1 is 1.32 bits per heavy atom. The molecule has 0 aliphatic heterocycles. The van der Waals surface area contributed by atoms with Gasteiger partial charge in [-0.2, -0.15) is 0 Å². The highest BCUT2D eigenvalue weighted by Crippen LogP contribution is 2.13. The summed E-state index contributed by atoms with van der Waals surface area (Å²) >= 11 is 0. The van der Waals surface area contributed by atoms with Gasteiger partial charge >= 0.3 is 12.1 Å². The number of carbonyl (C=O) groups is 2. The third kappa shape index (κ3) is 9.60. The molecule has 9 heteroatoms. The number of esters is 1. The summed E-state index contributed by atoms with van der Waals surface area (Å²) in [4.78, 5) is 22.9. The van der Waals surface area contributed by atoms with E-state index in [9.17, 15) is 18.0 Å². The number of methoxy groups -OCH3 is 1. The smallest absolute Gasteiger partial charge is 0.408 e. The van der Waals surface area contributed by atoms with E-state index in [1.165, 1.54) is 0 Å². The molecule has 0 bridgehead atoms. The van der Waals surface area contributed by atoms with Crippen LogP contribution in [-0.4, -0.2) is 51.2 Å². The Morgan fingerprint density at radius 3 is 2.21 bits per heavy atom. The van der Waals surface area contributed by atoms with Crippen molar-refractivity contribution in [2.45, 2.75) is 32.4 Å². The first-order valence-corrected chi connectivity index (χ1v) is 8.76. The molecule has 0 aromatic heterocycles. The summed E-state index contributed by atoms with van der Waals surface area (Å²) in [6.07, 6.45) is 0.205. The zero-order chi connectivity index (χ0) is 15.3. The molecule has 1 N–H and O–H groups in total. The minimum absolute atomic E-state index is 0.148. The van der Waals surface area contributed by atoms with Crippen LogP contribution in [0.1, 0.15) is 20.8 Å². The first-order chi connectivity index (χ1) is 8.44. The second kappa shape index (κ2) is 6.99. The molecule has 0 aromatic carbocycles. The maximum atomic E-state index is 11.5. The fourth-order valence-electron chi connectivity index (χ4n) is 0.952. The van der Waals surface area contributed by atoms with Crippen molar-refractivity contribution >= 4 is 31.7 Å². The summed E-state index contributed by atoms with van der Waals surface area (Å²) in [5.74, 6) is -0.882. The highest BCUT2D eigenvalue weighted by atomic mass is 33.1. The lowest BCUT2D eigenvalue weighted by Crippen LogP contribution is -2.45. The standard InChI is InChI=1S/C10H19NO6S2/c1-10(2,3)17-9(13)11-7(8(12)16-4)6-18-19(5,14)15/h7H,6H2,1-5H3,(H,11,13)/t7-/m0/s1. The highest BCUT2D eigenvalue weighted by molar-refractivity contribution is 8.71. The molecule has 7 nitrogen and oxygen atoms in total. The van der Waals surface area contributed by atoms with Crippen LogP contribution in [0.25, 0.3) is 0 Å². The van der Waals surface area contributed by atoms with Gasteiger partial charge in [0.1, 0.15) is 11.6 Å². The fourth-order valence-corrected chi connectivity index (χ4v) is 2.70. The molecule has 0 spiro atoms. The first kappa shape index (κ1) is 18.0. The lowest BCUT2D eigenvalue weighted by molar-refractivity contribution is -0.142. The normalized spacial score (nSPS) is 13.5. The predicted molar refractivity (Wildman–Crippen MR) is 72.5 cm³/mol. The SMILES string of the molecule is COC(=O)[C@H](CSS(C)(=O)=O)NC(=O)OC(C)(C)C. The molecule has 19 heavy (non-hydrogen) atoms. The maximum Gasteiger partial charge on any atom is 0.408 e. The molecule has 0 unspecified atom stereocenters. The zero-order valence-electron chi connectivity index (χ0n) is 11.6. The molecular weight excluding hydrogens is 294 g/mol. The van der Waals surface area contributed by atoms with Gasteiger partial charge in [0.2, 0.25) is 0 Å². The van der Waals surface area contributed by atoms with Crippen LogP contribution in [-0.2, 0) is 23.1 Å². The molecule has 0 aromatic rings. The highest BCUT2D eigenvalue weighted by Gasteiger charge is 2.26. The number of nitrogens with one attached hydrogen (secondary N) is 1. The number of amides is 1. The van der Waals surface area contributed by atoms with Crippen molar-refractivity contribution in [3.63, 3.8) is 0 Å². The quantitative estimate of drug-likeness (QED) is 0.590. The summed E-state index contributed by atoms with van der Waals surface area (Å²) in [7, 11) is -1.62. The van der Waals surface area contributed by atoms with E-state index >= 15 is 0 Å². The van der Waals surface area contributed by atoms with Crippen molar-refractivity contribution in [2.24, 2.45) is 0 Å². The van der Waals surface area contributed by atoms with Gasteiger partial charge in [-0.1, -0.05) is 0 Å². The third-order valence-corrected chi connectivity index (χ3v) is 4.22. The average Bonchev–Trinajstić information content (AvgIpc) is 2.19. The number of alkyl carbamates (subject to hydrolysis) is 1. The van der Waals surface area contributed by atoms with Crippen molar-refractivity contribution in [2.75, 3.05) is 19.1 Å². The van der Waals surface area contributed by atoms with Crippen LogP contribution in [0.4, 0.5) is 4.79 Å². The van der Waals surface area contributed by atoms with Crippen molar-refractivity contribution in [3.8, 4) is 0 Å². The Balaban J connectivity index is 4.61. The minimum atomic E-state index is -3.32. The van der Waals surface area contributed by atoms with Crippen molar-refractivity contribution in [1.29, 1.82) is 0 Å². The second-order valence-electron chi connectivity index (χ2n) is 4.71. The van der Waals surface area contributed by atoms with Gasteiger partial charge in [-0.05, 0) is 31.6 Å². The Morgan fingerprint density at radius 2 is 1.84 bits per heavy atom. The van der Waals surface area contributed by atoms with Crippen LogP contribution in [0, 0.1) is 0 Å². The fraction of sp³-hybridized carbons (Fsp3) is 0.800. The minimum Gasteiger partial charge on any atom is -0.467 e. The van der Waals surface area contributed by atoms with Crippen LogP contribution < -0.4 is 5.32 Å². The van der Waals surface area contributed by atoms with E-state index in [1.807, 2.05) is 0 Å². The maximum absolute atomic E-state index is 11.5. The van der Waals surface area contributed by atoms with Crippen molar-refractivity contribution in [1.82, 2.24) is 5.32 Å². The van der Waals surface area contributed by atoms with Crippen molar-refractivity contribution in [3.05, 3.63) is 0 Å². The molecule has 0 aliphatic rings. The summed E-state index contributed by atoms with van der Waals surface area (Å²) in [6.45, 7) is 5.01. The molecule has 0 aliphatic carbocycles. The van der Waals surface area contributed by atoms with Crippen LogP contribution in [0.2, 0.25) is 0 Å². The van der Waals surface area contributed by atoms with Crippen LogP contribution in [0.15, 0.2) is 0 Å². The largest absolute Gasteiger partial charge is 0.467 e. The van der Waals surface area contributed by atoms with Gasteiger partial charge in [0.25, 0.3) is 0 Å². The van der Waals surface area contributed by atoms with Crippen LogP contribution >= 0.6 is 10.8 Å². The number of ether oxygens (including phenoxy) is 2. The summed E-state index contributed by atoms with van der Waals surface area (Å²) < 4.78 is 31.5. The summed E-state index contributed by atoms with van der Waals surface area (Å²) in [5, 5.41) is 2.28. The lowest BCUT2D eigenvalue weighted by Gasteiger charge is -2.22. The average molecular weight is 313 g/mol. The first-order valence-electron chi connectivity index (χ1n) is 5.36. The molecule has 112 valence electrons. The molecule has 0 saturated carbocycles. The predicted octanol–water partition coefficient (Wildman–Crippen LogP) is 0.745. The van der Waals surface area contributed by atoms with Gasteiger partial charge in [-0.25, -0.2) is 18.0 Å². The van der Waals surface area contributed by atoms with Gasteiger partial charge in [-0.15, -0.1) is 0 Å². The number of carbonyl (C=O) groups excluding carboxylic acids is 2. The van der Waals surface area contributed by atoms with E-state index in [0.29, 0.717) is 10.8 Å². The van der Waals surface area contributed by atoms with Gasteiger partial charge in [0, 0.05) is 12.0 Å². The van der Waals surface area contributed by atoms with Crippen LogP contribution in [0.5, 0.6) is 0 Å². The summed E-state index contributed by atoms with van der Waals surface area (Å²) in [6, 6.07) is -1.08. The number of rotatable bonds is 5. The topological polar surface area (TPSA) is 98.8 Å².